The Hall–Kier alpha value is -1.82. The number of carbonyl (C=O) groups is 2. The molecule has 1 aliphatic heterocycles. The van der Waals surface area contributed by atoms with Crippen LogP contribution in [0.5, 0.6) is 0 Å². The molecule has 0 spiro atoms. The fourth-order valence-electron chi connectivity index (χ4n) is 6.86. The van der Waals surface area contributed by atoms with Gasteiger partial charge in [0.25, 0.3) is 0 Å². The monoisotopic (exact) mass is 783 g/mol. The molecule has 1 fully saturated rings. The molecule has 0 aromatic heterocycles. The van der Waals surface area contributed by atoms with Crippen LogP contribution in [-0.4, -0.2) is 89.0 Å². The lowest BCUT2D eigenvalue weighted by atomic mass is 9.99. The van der Waals surface area contributed by atoms with Gasteiger partial charge in [0, 0.05) is 12.8 Å². The summed E-state index contributed by atoms with van der Waals surface area (Å²) in [4.78, 5) is 25.3. The molecule has 10 nitrogen and oxygen atoms in total. The van der Waals surface area contributed by atoms with Crippen molar-refractivity contribution in [1.82, 2.24) is 0 Å². The normalized spacial score (nSPS) is 20.5. The number of hydrogen-bond donors (Lipinski definition) is 4. The minimum absolute atomic E-state index is 0.216. The van der Waals surface area contributed by atoms with Crippen LogP contribution in [0.4, 0.5) is 0 Å². The average molecular weight is 783 g/mol. The lowest BCUT2D eigenvalue weighted by Crippen LogP contribution is -2.59. The maximum atomic E-state index is 12.8. The average Bonchev–Trinajstić information content (AvgIpc) is 3.18. The van der Waals surface area contributed by atoms with Gasteiger partial charge in [0.1, 0.15) is 31.0 Å². The zero-order chi connectivity index (χ0) is 40.2. The zero-order valence-corrected chi connectivity index (χ0v) is 34.8. The summed E-state index contributed by atoms with van der Waals surface area (Å²) in [6, 6.07) is 0. The molecule has 10 heteroatoms. The Morgan fingerprint density at radius 3 is 1.55 bits per heavy atom. The second-order valence-corrected chi connectivity index (χ2v) is 15.6. The summed E-state index contributed by atoms with van der Waals surface area (Å²) >= 11 is 0. The lowest BCUT2D eigenvalue weighted by Gasteiger charge is -2.39. The van der Waals surface area contributed by atoms with Crippen LogP contribution in [0, 0.1) is 0 Å². The van der Waals surface area contributed by atoms with Gasteiger partial charge in [-0.1, -0.05) is 154 Å². The Labute approximate surface area is 334 Å². The first kappa shape index (κ1) is 51.2. The molecule has 0 saturated carbocycles. The van der Waals surface area contributed by atoms with Gasteiger partial charge in [-0.25, -0.2) is 0 Å². The Bertz CT molecular complexity index is 941. The molecule has 322 valence electrons. The van der Waals surface area contributed by atoms with Crippen molar-refractivity contribution in [2.24, 2.45) is 0 Å². The van der Waals surface area contributed by atoms with Gasteiger partial charge in [-0.15, -0.1) is 6.58 Å². The summed E-state index contributed by atoms with van der Waals surface area (Å²) in [5.74, 6) is -0.806. The third-order valence-electron chi connectivity index (χ3n) is 10.5. The van der Waals surface area contributed by atoms with Crippen LogP contribution >= 0.6 is 0 Å². The minimum atomic E-state index is -1.59. The summed E-state index contributed by atoms with van der Waals surface area (Å²) in [5, 5.41) is 40.0. The molecule has 2 unspecified atom stereocenters. The van der Waals surface area contributed by atoms with Gasteiger partial charge in [-0.3, -0.25) is 9.59 Å². The number of rotatable bonds is 38. The Morgan fingerprint density at radius 2 is 1.05 bits per heavy atom. The third-order valence-corrected chi connectivity index (χ3v) is 10.5. The number of aliphatic hydroxyl groups is 4. The van der Waals surface area contributed by atoms with Crippen molar-refractivity contribution in [3.8, 4) is 0 Å². The molecular weight excluding hydrogens is 700 g/mol. The number of hydrogen-bond acceptors (Lipinski definition) is 10. The van der Waals surface area contributed by atoms with Crippen molar-refractivity contribution in [1.29, 1.82) is 0 Å². The van der Waals surface area contributed by atoms with Crippen molar-refractivity contribution >= 4 is 11.9 Å². The van der Waals surface area contributed by atoms with Crippen LogP contribution in [0.1, 0.15) is 193 Å². The number of allylic oxidation sites excluding steroid dienone is 3. The van der Waals surface area contributed by atoms with Crippen LogP contribution in [0.15, 0.2) is 24.8 Å². The molecule has 4 N–H and O–H groups in total. The Balaban J connectivity index is 2.31. The molecule has 0 radical (unpaired) electrons. The summed E-state index contributed by atoms with van der Waals surface area (Å²) in [6.07, 6.45) is 30.7. The summed E-state index contributed by atoms with van der Waals surface area (Å²) in [7, 11) is 0. The smallest absolute Gasteiger partial charge is 0.306 e. The molecule has 1 heterocycles. The second-order valence-electron chi connectivity index (χ2n) is 15.6. The van der Waals surface area contributed by atoms with E-state index in [1.165, 1.54) is 122 Å². The highest BCUT2D eigenvalue weighted by atomic mass is 16.7. The maximum absolute atomic E-state index is 12.8. The Morgan fingerprint density at radius 1 is 0.600 bits per heavy atom. The molecule has 0 aromatic rings. The molecular formula is C45H82O10. The second kappa shape index (κ2) is 36.5. The lowest BCUT2D eigenvalue weighted by molar-refractivity contribution is -0.305. The van der Waals surface area contributed by atoms with E-state index in [2.05, 4.69) is 25.7 Å². The van der Waals surface area contributed by atoms with E-state index < -0.39 is 49.4 Å². The van der Waals surface area contributed by atoms with E-state index in [0.29, 0.717) is 6.42 Å². The van der Waals surface area contributed by atoms with E-state index in [1.54, 1.807) is 0 Å². The minimum Gasteiger partial charge on any atom is -0.462 e. The Kier molecular flexibility index (Phi) is 34.0. The topological polar surface area (TPSA) is 152 Å². The fraction of sp³-hybridized carbons (Fsp3) is 0.867. The third kappa shape index (κ3) is 28.3. The number of aliphatic hydroxyl groups excluding tert-OH is 4. The quantitative estimate of drug-likeness (QED) is 0.0271. The molecule has 1 rings (SSSR count). The molecule has 6 atom stereocenters. The highest BCUT2D eigenvalue weighted by molar-refractivity contribution is 5.70. The number of esters is 2. The van der Waals surface area contributed by atoms with Crippen LogP contribution in [0.25, 0.3) is 0 Å². The van der Waals surface area contributed by atoms with E-state index in [1.807, 2.05) is 6.08 Å². The predicted octanol–water partition coefficient (Wildman–Crippen LogP) is 9.33. The first-order valence-corrected chi connectivity index (χ1v) is 22.4. The van der Waals surface area contributed by atoms with E-state index in [4.69, 9.17) is 18.9 Å². The fourth-order valence-corrected chi connectivity index (χ4v) is 6.86. The molecule has 1 saturated heterocycles. The van der Waals surface area contributed by atoms with Crippen LogP contribution in [-0.2, 0) is 28.5 Å². The van der Waals surface area contributed by atoms with E-state index in [-0.39, 0.29) is 32.0 Å². The first-order valence-electron chi connectivity index (χ1n) is 22.4. The molecule has 0 aromatic carbocycles. The van der Waals surface area contributed by atoms with Gasteiger partial charge >= 0.3 is 11.9 Å². The van der Waals surface area contributed by atoms with Crippen molar-refractivity contribution in [3.63, 3.8) is 0 Å². The van der Waals surface area contributed by atoms with Crippen LogP contribution in [0.2, 0.25) is 0 Å². The van der Waals surface area contributed by atoms with Gasteiger partial charge in [-0.2, -0.15) is 0 Å². The largest absolute Gasteiger partial charge is 0.462 e. The SMILES string of the molecule is C=CCCCCCCCCCCCCCCCC(=O)OC[C@@H](CO[C@H]1O[C@@H](CO)[C@@H](O)C(O)C1O)OC(=O)CCCCCCCCCCC/C=C/CCCC. The van der Waals surface area contributed by atoms with Crippen molar-refractivity contribution < 1.29 is 49.0 Å². The van der Waals surface area contributed by atoms with Gasteiger partial charge in [-0.05, 0) is 44.9 Å². The summed E-state index contributed by atoms with van der Waals surface area (Å²) in [6.45, 7) is 4.92. The van der Waals surface area contributed by atoms with Crippen LogP contribution < -0.4 is 0 Å². The zero-order valence-electron chi connectivity index (χ0n) is 34.8. The van der Waals surface area contributed by atoms with Gasteiger partial charge in [0.2, 0.25) is 0 Å². The standard InChI is InChI=1S/C45H82O10/c1-3-5-7-9-11-13-15-17-19-21-23-25-27-29-31-33-40(47)52-36-38(37-53-45-44(51)43(50)42(49)39(35-46)55-45)54-41(48)34-32-30-28-26-24-22-20-18-16-14-12-10-8-6-4-2/h3,10,12,38-39,42-46,49-51H,1,4-9,11,13-37H2,2H3/b12-10+/t38-,39-,42+,43?,44?,45-/m0/s1. The van der Waals surface area contributed by atoms with E-state index in [0.717, 1.165) is 44.9 Å². The van der Waals surface area contributed by atoms with E-state index >= 15 is 0 Å². The summed E-state index contributed by atoms with van der Waals surface area (Å²) < 4.78 is 22.2. The van der Waals surface area contributed by atoms with Crippen molar-refractivity contribution in [3.05, 3.63) is 24.8 Å². The van der Waals surface area contributed by atoms with E-state index in [9.17, 15) is 30.0 Å². The number of ether oxygens (including phenoxy) is 4. The number of carbonyl (C=O) groups excluding carboxylic acids is 2. The van der Waals surface area contributed by atoms with Crippen LogP contribution in [0.3, 0.4) is 0 Å². The molecule has 0 aliphatic carbocycles. The van der Waals surface area contributed by atoms with Gasteiger partial charge in [0.05, 0.1) is 13.2 Å². The highest BCUT2D eigenvalue weighted by Crippen LogP contribution is 2.23. The maximum Gasteiger partial charge on any atom is 0.306 e. The molecule has 55 heavy (non-hydrogen) atoms. The van der Waals surface area contributed by atoms with Gasteiger partial charge in [0.15, 0.2) is 12.4 Å². The van der Waals surface area contributed by atoms with Crippen molar-refractivity contribution in [2.45, 2.75) is 230 Å². The van der Waals surface area contributed by atoms with Gasteiger partial charge < -0.3 is 39.4 Å². The summed E-state index contributed by atoms with van der Waals surface area (Å²) in [5.41, 5.74) is 0. The molecule has 0 amide bonds. The van der Waals surface area contributed by atoms with Crippen molar-refractivity contribution in [2.75, 3.05) is 19.8 Å². The highest BCUT2D eigenvalue weighted by Gasteiger charge is 2.44. The molecule has 1 aliphatic rings. The predicted molar refractivity (Wildman–Crippen MR) is 219 cm³/mol. The number of unbranched alkanes of at least 4 members (excludes halogenated alkanes) is 24. The molecule has 0 bridgehead atoms. The first-order chi connectivity index (χ1) is 26.8.